The van der Waals surface area contributed by atoms with E-state index in [4.69, 9.17) is 10.2 Å². The lowest BCUT2D eigenvalue weighted by Gasteiger charge is -2.04. The summed E-state index contributed by atoms with van der Waals surface area (Å²) in [6, 6.07) is 5.85. The van der Waals surface area contributed by atoms with Crippen LogP contribution in [-0.2, 0) is 13.5 Å². The Morgan fingerprint density at radius 1 is 1.39 bits per heavy atom. The molecule has 1 aromatic carbocycles. The zero-order chi connectivity index (χ0) is 13.0. The van der Waals surface area contributed by atoms with E-state index in [1.807, 2.05) is 18.2 Å². The molecule has 0 atom stereocenters. The highest BCUT2D eigenvalue weighted by atomic mass is 16.4. The van der Waals surface area contributed by atoms with Crippen LogP contribution in [0.25, 0.3) is 11.1 Å². The number of fused-ring (bicyclic) bond motifs is 1. The average molecular weight is 249 g/mol. The van der Waals surface area contributed by atoms with E-state index in [1.54, 1.807) is 7.05 Å². The SMILES string of the molecule is Cn1c(=O)oc2ccc(CCNCCCN)cc21. The van der Waals surface area contributed by atoms with Gasteiger partial charge in [0.15, 0.2) is 5.58 Å². The first kappa shape index (κ1) is 12.9. The van der Waals surface area contributed by atoms with Crippen molar-refractivity contribution in [2.75, 3.05) is 19.6 Å². The summed E-state index contributed by atoms with van der Waals surface area (Å²) >= 11 is 0. The van der Waals surface area contributed by atoms with Crippen molar-refractivity contribution in [3.8, 4) is 0 Å². The highest BCUT2D eigenvalue weighted by Gasteiger charge is 2.05. The van der Waals surface area contributed by atoms with Gasteiger partial charge in [0.1, 0.15) is 0 Å². The third kappa shape index (κ3) is 2.80. The number of aryl methyl sites for hydroxylation is 1. The summed E-state index contributed by atoms with van der Waals surface area (Å²) in [7, 11) is 1.72. The normalized spacial score (nSPS) is 11.2. The standard InChI is InChI=1S/C13H19N3O2/c1-16-11-9-10(5-8-15-7-2-6-14)3-4-12(11)18-13(16)17/h3-4,9,15H,2,5-8,14H2,1H3. The molecule has 3 N–H and O–H groups in total. The largest absolute Gasteiger partial charge is 0.419 e. The third-order valence-corrected chi connectivity index (χ3v) is 3.00. The molecule has 1 heterocycles. The molecular weight excluding hydrogens is 230 g/mol. The van der Waals surface area contributed by atoms with Crippen molar-refractivity contribution in [2.24, 2.45) is 12.8 Å². The lowest BCUT2D eigenvalue weighted by molar-refractivity contribution is 0.528. The summed E-state index contributed by atoms with van der Waals surface area (Å²) < 4.78 is 6.62. The summed E-state index contributed by atoms with van der Waals surface area (Å²) in [5, 5.41) is 3.33. The van der Waals surface area contributed by atoms with Crippen molar-refractivity contribution in [2.45, 2.75) is 12.8 Å². The number of nitrogens with two attached hydrogens (primary N) is 1. The topological polar surface area (TPSA) is 73.2 Å². The lowest BCUT2D eigenvalue weighted by atomic mass is 10.1. The van der Waals surface area contributed by atoms with E-state index in [0.717, 1.165) is 38.0 Å². The van der Waals surface area contributed by atoms with Gasteiger partial charge in [0.25, 0.3) is 0 Å². The first-order valence-electron chi connectivity index (χ1n) is 6.21. The third-order valence-electron chi connectivity index (χ3n) is 3.00. The quantitative estimate of drug-likeness (QED) is 0.736. The van der Waals surface area contributed by atoms with Crippen molar-refractivity contribution in [1.29, 1.82) is 0 Å². The Morgan fingerprint density at radius 2 is 2.22 bits per heavy atom. The van der Waals surface area contributed by atoms with Gasteiger partial charge in [0, 0.05) is 7.05 Å². The molecule has 1 aromatic heterocycles. The molecule has 2 rings (SSSR count). The van der Waals surface area contributed by atoms with Crippen LogP contribution >= 0.6 is 0 Å². The van der Waals surface area contributed by atoms with E-state index in [1.165, 1.54) is 10.1 Å². The predicted octanol–water partition coefficient (Wildman–Crippen LogP) is 0.612. The van der Waals surface area contributed by atoms with E-state index < -0.39 is 0 Å². The van der Waals surface area contributed by atoms with Crippen molar-refractivity contribution in [3.05, 3.63) is 34.3 Å². The molecule has 0 aliphatic heterocycles. The number of nitrogens with zero attached hydrogens (tertiary/aromatic N) is 1. The van der Waals surface area contributed by atoms with Crippen LogP contribution in [0.2, 0.25) is 0 Å². The first-order chi connectivity index (χ1) is 8.72. The maximum absolute atomic E-state index is 11.4. The number of nitrogens with one attached hydrogen (secondary N) is 1. The first-order valence-corrected chi connectivity index (χ1v) is 6.21. The highest BCUT2D eigenvalue weighted by Crippen LogP contribution is 2.14. The molecule has 18 heavy (non-hydrogen) atoms. The van der Waals surface area contributed by atoms with Gasteiger partial charge in [-0.25, -0.2) is 4.79 Å². The van der Waals surface area contributed by atoms with Gasteiger partial charge in [-0.15, -0.1) is 0 Å². The smallest absolute Gasteiger partial charge is 0.408 e. The van der Waals surface area contributed by atoms with E-state index in [2.05, 4.69) is 5.32 Å². The van der Waals surface area contributed by atoms with Crippen LogP contribution in [0.5, 0.6) is 0 Å². The van der Waals surface area contributed by atoms with Crippen LogP contribution in [-0.4, -0.2) is 24.2 Å². The Labute approximate surface area is 106 Å². The Morgan fingerprint density at radius 3 is 3.00 bits per heavy atom. The Hall–Kier alpha value is -1.59. The fraction of sp³-hybridized carbons (Fsp3) is 0.462. The van der Waals surface area contributed by atoms with Gasteiger partial charge in [-0.05, 0) is 50.2 Å². The Bertz CT molecular complexity index is 571. The van der Waals surface area contributed by atoms with Crippen LogP contribution in [0.3, 0.4) is 0 Å². The molecule has 0 fully saturated rings. The minimum atomic E-state index is -0.316. The summed E-state index contributed by atoms with van der Waals surface area (Å²) in [6.45, 7) is 2.58. The Kier molecular flexibility index (Phi) is 4.17. The number of benzene rings is 1. The predicted molar refractivity (Wildman–Crippen MR) is 71.7 cm³/mol. The minimum absolute atomic E-state index is 0.316. The minimum Gasteiger partial charge on any atom is -0.408 e. The second-order valence-corrected chi connectivity index (χ2v) is 4.37. The van der Waals surface area contributed by atoms with Gasteiger partial charge in [0.05, 0.1) is 5.52 Å². The number of oxazole rings is 1. The van der Waals surface area contributed by atoms with Crippen LogP contribution in [0, 0.1) is 0 Å². The van der Waals surface area contributed by atoms with Gasteiger partial charge in [-0.1, -0.05) is 6.07 Å². The molecular formula is C13H19N3O2. The fourth-order valence-electron chi connectivity index (χ4n) is 1.91. The highest BCUT2D eigenvalue weighted by molar-refractivity contribution is 5.73. The van der Waals surface area contributed by atoms with Gasteiger partial charge in [0.2, 0.25) is 0 Å². The molecule has 0 radical (unpaired) electrons. The average Bonchev–Trinajstić information content (AvgIpc) is 2.65. The molecule has 5 nitrogen and oxygen atoms in total. The maximum atomic E-state index is 11.4. The van der Waals surface area contributed by atoms with Crippen LogP contribution in [0.15, 0.2) is 27.4 Å². The molecule has 2 aromatic rings. The maximum Gasteiger partial charge on any atom is 0.419 e. The van der Waals surface area contributed by atoms with Gasteiger partial charge < -0.3 is 15.5 Å². The van der Waals surface area contributed by atoms with Gasteiger partial charge in [-0.2, -0.15) is 0 Å². The molecule has 5 heteroatoms. The summed E-state index contributed by atoms with van der Waals surface area (Å²) in [5.41, 5.74) is 8.10. The zero-order valence-corrected chi connectivity index (χ0v) is 10.6. The molecule has 0 unspecified atom stereocenters. The van der Waals surface area contributed by atoms with Gasteiger partial charge in [-0.3, -0.25) is 4.57 Å². The van der Waals surface area contributed by atoms with Crippen molar-refractivity contribution >= 4 is 11.1 Å². The number of hydrogen-bond donors (Lipinski definition) is 2. The van der Waals surface area contributed by atoms with Gasteiger partial charge >= 0.3 is 5.76 Å². The molecule has 0 aliphatic carbocycles. The van der Waals surface area contributed by atoms with E-state index in [0.29, 0.717) is 5.58 Å². The monoisotopic (exact) mass is 249 g/mol. The second-order valence-electron chi connectivity index (χ2n) is 4.37. The molecule has 0 aliphatic rings. The fourth-order valence-corrected chi connectivity index (χ4v) is 1.91. The van der Waals surface area contributed by atoms with Crippen molar-refractivity contribution in [3.63, 3.8) is 0 Å². The molecule has 0 bridgehead atoms. The molecule has 98 valence electrons. The van der Waals surface area contributed by atoms with Crippen LogP contribution < -0.4 is 16.8 Å². The summed E-state index contributed by atoms with van der Waals surface area (Å²) in [5.74, 6) is -0.316. The van der Waals surface area contributed by atoms with Crippen LogP contribution in [0.4, 0.5) is 0 Å². The van der Waals surface area contributed by atoms with E-state index in [-0.39, 0.29) is 5.76 Å². The number of aromatic nitrogens is 1. The van der Waals surface area contributed by atoms with Crippen molar-refractivity contribution < 1.29 is 4.42 Å². The molecule has 0 saturated heterocycles. The number of rotatable bonds is 6. The lowest BCUT2D eigenvalue weighted by Crippen LogP contribution is -2.20. The zero-order valence-electron chi connectivity index (χ0n) is 10.6. The summed E-state index contributed by atoms with van der Waals surface area (Å²) in [6.07, 6.45) is 1.93. The molecule has 0 saturated carbocycles. The molecule has 0 spiro atoms. The summed E-state index contributed by atoms with van der Waals surface area (Å²) in [4.78, 5) is 11.4. The second kappa shape index (κ2) is 5.84. The van der Waals surface area contributed by atoms with E-state index >= 15 is 0 Å². The Balaban J connectivity index is 2.01. The van der Waals surface area contributed by atoms with Crippen molar-refractivity contribution in [1.82, 2.24) is 9.88 Å². The van der Waals surface area contributed by atoms with Crippen LogP contribution in [0.1, 0.15) is 12.0 Å². The number of hydrogen-bond acceptors (Lipinski definition) is 4. The van der Waals surface area contributed by atoms with E-state index in [9.17, 15) is 4.79 Å². The molecule has 0 amide bonds.